The molecular weight excluding hydrogens is 476 g/mol. The third-order valence-electron chi connectivity index (χ3n) is 5.28. The Kier molecular flexibility index (Phi) is 7.70. The number of aromatic nitrogens is 1. The van der Waals surface area contributed by atoms with Crippen molar-refractivity contribution in [2.24, 2.45) is 10.2 Å². The van der Waals surface area contributed by atoms with E-state index in [1.807, 2.05) is 6.07 Å². The number of nitrogens with one attached hydrogen (secondary N) is 2. The second-order valence-electron chi connectivity index (χ2n) is 7.77. The van der Waals surface area contributed by atoms with Gasteiger partial charge in [-0.1, -0.05) is 24.2 Å². The summed E-state index contributed by atoms with van der Waals surface area (Å²) < 4.78 is 27.0. The molecule has 0 saturated carbocycles. The molecule has 0 aliphatic carbocycles. The monoisotopic (exact) mass is 500 g/mol. The molecular formula is C22H24N6O4S2. The maximum atomic E-state index is 12.7. The van der Waals surface area contributed by atoms with Crippen LogP contribution in [0.4, 0.5) is 5.69 Å². The average molecular weight is 501 g/mol. The molecule has 2 amide bonds. The van der Waals surface area contributed by atoms with Crippen LogP contribution in [0.1, 0.15) is 31.2 Å². The Hall–Kier alpha value is -3.09. The zero-order valence-electron chi connectivity index (χ0n) is 18.3. The molecule has 2 aliphatic rings. The number of amides is 2. The first-order valence-electron chi connectivity index (χ1n) is 10.8. The number of nitrogens with zero attached hydrogens (tertiary/aromatic N) is 4. The van der Waals surface area contributed by atoms with E-state index >= 15 is 0 Å². The van der Waals surface area contributed by atoms with Crippen LogP contribution < -0.4 is 10.6 Å². The first-order valence-corrected chi connectivity index (χ1v) is 13.1. The number of hydrogen-bond acceptors (Lipinski definition) is 8. The normalized spacial score (nSPS) is 20.5. The van der Waals surface area contributed by atoms with Gasteiger partial charge in [-0.25, -0.2) is 8.42 Å². The van der Waals surface area contributed by atoms with E-state index in [1.165, 1.54) is 22.7 Å². The summed E-state index contributed by atoms with van der Waals surface area (Å²) in [7, 11) is -3.53. The highest BCUT2D eigenvalue weighted by molar-refractivity contribution is 8.15. The Balaban J connectivity index is 1.30. The van der Waals surface area contributed by atoms with Gasteiger partial charge in [-0.05, 0) is 43.2 Å². The van der Waals surface area contributed by atoms with Crippen molar-refractivity contribution in [2.75, 3.05) is 18.4 Å². The van der Waals surface area contributed by atoms with E-state index in [9.17, 15) is 18.0 Å². The van der Waals surface area contributed by atoms with Crippen LogP contribution in [0.3, 0.4) is 0 Å². The zero-order valence-corrected chi connectivity index (χ0v) is 19.9. The number of pyridine rings is 1. The van der Waals surface area contributed by atoms with Crippen LogP contribution >= 0.6 is 11.8 Å². The number of sulfonamides is 1. The van der Waals surface area contributed by atoms with Crippen LogP contribution in [-0.2, 0) is 19.6 Å². The van der Waals surface area contributed by atoms with Gasteiger partial charge in [0.15, 0.2) is 5.17 Å². The molecule has 0 bridgehead atoms. The first-order chi connectivity index (χ1) is 16.4. The van der Waals surface area contributed by atoms with Gasteiger partial charge in [-0.2, -0.15) is 9.41 Å². The maximum Gasteiger partial charge on any atom is 0.243 e. The number of piperidine rings is 1. The Morgan fingerprint density at radius 3 is 2.68 bits per heavy atom. The molecule has 178 valence electrons. The lowest BCUT2D eigenvalue weighted by molar-refractivity contribution is -0.122. The third-order valence-corrected chi connectivity index (χ3v) is 8.26. The summed E-state index contributed by atoms with van der Waals surface area (Å²) in [5, 5.41) is 12.9. The molecule has 0 spiro atoms. The summed E-state index contributed by atoms with van der Waals surface area (Å²) in [4.78, 5) is 28.8. The number of thioether (sulfide) groups is 1. The Morgan fingerprint density at radius 2 is 1.97 bits per heavy atom. The van der Waals surface area contributed by atoms with E-state index in [1.54, 1.807) is 30.6 Å². The topological polar surface area (TPSA) is 133 Å². The van der Waals surface area contributed by atoms with Crippen molar-refractivity contribution in [1.29, 1.82) is 0 Å². The maximum absolute atomic E-state index is 12.7. The highest BCUT2D eigenvalue weighted by Crippen LogP contribution is 2.24. The predicted octanol–water partition coefficient (Wildman–Crippen LogP) is 2.21. The smallest absolute Gasteiger partial charge is 0.243 e. The number of hydrogen-bond donors (Lipinski definition) is 2. The van der Waals surface area contributed by atoms with Crippen LogP contribution in [0, 0.1) is 0 Å². The highest BCUT2D eigenvalue weighted by atomic mass is 32.2. The standard InChI is InChI=1S/C22H24N6O4S2/c29-20(13-19-21(30)26-22(33-19)27-24-15-16-5-4-10-23-14-16)25-17-6-8-18(9-7-17)34(31,32)28-11-2-1-3-12-28/h4-10,14-15,19H,1-3,11-13H2,(H,25,29)(H,26,27,30)/b24-15-/t19-/m0/s1. The molecule has 3 heterocycles. The number of anilines is 1. The minimum absolute atomic E-state index is 0.0599. The number of amidine groups is 1. The van der Waals surface area contributed by atoms with Gasteiger partial charge in [0.1, 0.15) is 5.25 Å². The van der Waals surface area contributed by atoms with Gasteiger partial charge in [-0.15, -0.1) is 5.10 Å². The summed E-state index contributed by atoms with van der Waals surface area (Å²) in [5.41, 5.74) is 1.23. The van der Waals surface area contributed by atoms with Gasteiger partial charge >= 0.3 is 0 Å². The molecule has 12 heteroatoms. The van der Waals surface area contributed by atoms with E-state index in [0.717, 1.165) is 36.6 Å². The van der Waals surface area contributed by atoms with Crippen molar-refractivity contribution in [1.82, 2.24) is 14.6 Å². The van der Waals surface area contributed by atoms with Crippen molar-refractivity contribution < 1.29 is 18.0 Å². The Labute approximate surface area is 202 Å². The van der Waals surface area contributed by atoms with Gasteiger partial charge in [0.25, 0.3) is 0 Å². The molecule has 0 radical (unpaired) electrons. The molecule has 1 aromatic carbocycles. The Morgan fingerprint density at radius 1 is 1.21 bits per heavy atom. The van der Waals surface area contributed by atoms with Crippen molar-refractivity contribution in [3.63, 3.8) is 0 Å². The minimum atomic E-state index is -3.53. The van der Waals surface area contributed by atoms with Gasteiger partial charge in [0.2, 0.25) is 21.8 Å². The minimum Gasteiger partial charge on any atom is -0.326 e. The number of benzene rings is 1. The number of carbonyl (C=O) groups is 2. The van der Waals surface area contributed by atoms with Crippen molar-refractivity contribution in [3.8, 4) is 0 Å². The summed E-state index contributed by atoms with van der Waals surface area (Å²) in [5.74, 6) is -0.683. The van der Waals surface area contributed by atoms with Gasteiger partial charge in [-0.3, -0.25) is 14.6 Å². The summed E-state index contributed by atoms with van der Waals surface area (Å²) in [6, 6.07) is 9.67. The van der Waals surface area contributed by atoms with E-state index < -0.39 is 15.3 Å². The van der Waals surface area contributed by atoms with Crippen molar-refractivity contribution in [2.45, 2.75) is 35.8 Å². The molecule has 2 aliphatic heterocycles. The summed E-state index contributed by atoms with van der Waals surface area (Å²) in [6.07, 6.45) is 7.51. The van der Waals surface area contributed by atoms with Crippen LogP contribution in [0.25, 0.3) is 0 Å². The van der Waals surface area contributed by atoms with Crippen LogP contribution in [-0.4, -0.2) is 59.2 Å². The van der Waals surface area contributed by atoms with E-state index in [-0.39, 0.29) is 23.1 Å². The lowest BCUT2D eigenvalue weighted by Gasteiger charge is -2.25. The molecule has 0 unspecified atom stereocenters. The highest BCUT2D eigenvalue weighted by Gasteiger charge is 2.32. The fourth-order valence-corrected chi connectivity index (χ4v) is 5.97. The predicted molar refractivity (Wildman–Crippen MR) is 131 cm³/mol. The van der Waals surface area contributed by atoms with Gasteiger partial charge in [0, 0.05) is 43.2 Å². The van der Waals surface area contributed by atoms with E-state index in [2.05, 4.69) is 25.8 Å². The second kappa shape index (κ2) is 10.9. The molecule has 4 rings (SSSR count). The molecule has 34 heavy (non-hydrogen) atoms. The number of rotatable bonds is 7. The van der Waals surface area contributed by atoms with E-state index in [4.69, 9.17) is 0 Å². The number of carbonyl (C=O) groups excluding carboxylic acids is 2. The Bertz CT molecular complexity index is 1190. The zero-order chi connectivity index (χ0) is 24.0. The fraction of sp³-hybridized carbons (Fsp3) is 0.318. The quantitative estimate of drug-likeness (QED) is 0.442. The van der Waals surface area contributed by atoms with Crippen LogP contribution in [0.2, 0.25) is 0 Å². The molecule has 1 aromatic heterocycles. The fourth-order valence-electron chi connectivity index (χ4n) is 3.53. The molecule has 2 saturated heterocycles. The summed E-state index contributed by atoms with van der Waals surface area (Å²) in [6.45, 7) is 1.06. The largest absolute Gasteiger partial charge is 0.326 e. The lowest BCUT2D eigenvalue weighted by Crippen LogP contribution is -2.35. The molecule has 10 nitrogen and oxygen atoms in total. The van der Waals surface area contributed by atoms with Crippen molar-refractivity contribution in [3.05, 3.63) is 54.4 Å². The third kappa shape index (κ3) is 6.07. The van der Waals surface area contributed by atoms with E-state index in [0.29, 0.717) is 23.9 Å². The first kappa shape index (κ1) is 24.0. The van der Waals surface area contributed by atoms with Crippen molar-refractivity contribution >= 4 is 50.7 Å². The average Bonchev–Trinajstić information content (AvgIpc) is 3.19. The molecule has 1 atom stereocenters. The van der Waals surface area contributed by atoms with Gasteiger partial charge in [0.05, 0.1) is 11.1 Å². The summed E-state index contributed by atoms with van der Waals surface area (Å²) >= 11 is 1.13. The second-order valence-corrected chi connectivity index (χ2v) is 10.9. The van der Waals surface area contributed by atoms with Crippen LogP contribution in [0.15, 0.2) is 63.9 Å². The SMILES string of the molecule is O=C(C[C@@H]1S/C(=N\N=C/c2cccnc2)NC1=O)Nc1ccc(S(=O)(=O)N2CCCCC2)cc1. The van der Waals surface area contributed by atoms with Gasteiger partial charge < -0.3 is 10.6 Å². The molecule has 2 N–H and O–H groups in total. The molecule has 2 fully saturated rings. The van der Waals surface area contributed by atoms with Crippen LogP contribution in [0.5, 0.6) is 0 Å². The molecule has 2 aromatic rings. The lowest BCUT2D eigenvalue weighted by atomic mass is 10.2.